The van der Waals surface area contributed by atoms with Crippen molar-refractivity contribution in [2.75, 3.05) is 17.7 Å². The van der Waals surface area contributed by atoms with Crippen molar-refractivity contribution >= 4 is 46.6 Å². The summed E-state index contributed by atoms with van der Waals surface area (Å²) in [5, 5.41) is 75.0. The van der Waals surface area contributed by atoms with Gasteiger partial charge in [-0.1, -0.05) is 0 Å². The van der Waals surface area contributed by atoms with Crippen molar-refractivity contribution in [3.05, 3.63) is 52.1 Å². The van der Waals surface area contributed by atoms with Gasteiger partial charge in [0.2, 0.25) is 5.95 Å². The minimum Gasteiger partial charge on any atom is -0.481 e. The average Bonchev–Trinajstić information content (AvgIpc) is 3.00. The fourth-order valence-corrected chi connectivity index (χ4v) is 3.42. The van der Waals surface area contributed by atoms with Crippen molar-refractivity contribution in [2.45, 2.75) is 49.8 Å². The molecule has 20 nitrogen and oxygen atoms in total. The molecule has 5 atom stereocenters. The van der Waals surface area contributed by atoms with Crippen LogP contribution in [0.5, 0.6) is 0 Å². The molecule has 0 aliphatic carbocycles. The van der Waals surface area contributed by atoms with Gasteiger partial charge in [0.05, 0.1) is 25.0 Å². The Morgan fingerprint density at radius 2 is 1.57 bits per heavy atom. The van der Waals surface area contributed by atoms with Crippen LogP contribution in [-0.2, 0) is 40.4 Å². The summed E-state index contributed by atoms with van der Waals surface area (Å²) in [5.41, 5.74) is 6.47. The Hall–Kier alpha value is -4.66. The number of aliphatic hydroxyl groups excluding tert-OH is 5. The molecule has 46 heavy (non-hydrogen) atoms. The molecular formula is C25H31N7O13Zn. The van der Waals surface area contributed by atoms with Gasteiger partial charge >= 0.3 is 17.9 Å². The van der Waals surface area contributed by atoms with Crippen LogP contribution in [0.4, 0.5) is 11.6 Å². The van der Waals surface area contributed by atoms with Gasteiger partial charge in [-0.3, -0.25) is 19.4 Å². The van der Waals surface area contributed by atoms with Gasteiger partial charge in [-0.05, 0) is 30.7 Å². The monoisotopic (exact) mass is 701 g/mol. The molecule has 1 amide bonds. The first kappa shape index (κ1) is 39.4. The molecule has 2 heterocycles. The second kappa shape index (κ2) is 18.3. The fourth-order valence-electron chi connectivity index (χ4n) is 3.42. The minimum atomic E-state index is -2.20. The number of aliphatic hydroxyl groups is 5. The second-order valence-corrected chi connectivity index (χ2v) is 9.23. The fraction of sp³-hybridized carbons (Fsp3) is 0.360. The number of carboxylic acid groups (broad SMARTS) is 3. The molecule has 0 saturated carbocycles. The van der Waals surface area contributed by atoms with Crippen LogP contribution < -0.4 is 21.9 Å². The second-order valence-electron chi connectivity index (χ2n) is 9.23. The molecule has 246 valence electrons. The number of rotatable bonds is 14. The van der Waals surface area contributed by atoms with Crippen LogP contribution in [0.1, 0.15) is 28.9 Å². The van der Waals surface area contributed by atoms with E-state index in [1.54, 1.807) is 12.1 Å². The number of H-pyrrole nitrogens is 1. The van der Waals surface area contributed by atoms with E-state index in [4.69, 9.17) is 46.6 Å². The largest absolute Gasteiger partial charge is 0.481 e. The molecule has 0 aliphatic rings. The number of hydrogen-bond donors (Lipinski definition) is 12. The normalized spacial score (nSPS) is 13.8. The van der Waals surface area contributed by atoms with E-state index in [1.807, 2.05) is 0 Å². The predicted molar refractivity (Wildman–Crippen MR) is 151 cm³/mol. The van der Waals surface area contributed by atoms with Crippen molar-refractivity contribution in [1.29, 1.82) is 0 Å². The molecule has 3 aromatic rings. The number of aromatic nitrogens is 4. The average molecular weight is 703 g/mol. The number of amides is 1. The van der Waals surface area contributed by atoms with Crippen molar-refractivity contribution < 1.29 is 79.5 Å². The summed E-state index contributed by atoms with van der Waals surface area (Å²) in [5.74, 6) is -4.88. The number of aliphatic carboxylic acids is 3. The number of carboxylic acids is 3. The van der Waals surface area contributed by atoms with E-state index in [0.29, 0.717) is 11.4 Å². The number of nitrogens with zero attached hydrogens (tertiary/aromatic N) is 3. The molecule has 2 aromatic heterocycles. The quantitative estimate of drug-likeness (QED) is 0.0723. The maximum atomic E-state index is 12.3. The number of anilines is 2. The molecule has 5 unspecified atom stereocenters. The number of fused-ring (bicyclic) bond motifs is 1. The van der Waals surface area contributed by atoms with E-state index in [9.17, 15) is 24.0 Å². The van der Waals surface area contributed by atoms with Crippen molar-refractivity contribution in [2.24, 2.45) is 0 Å². The Morgan fingerprint density at radius 1 is 0.935 bits per heavy atom. The molecule has 0 saturated heterocycles. The summed E-state index contributed by atoms with van der Waals surface area (Å²) in [6.07, 6.45) is -7.00. The van der Waals surface area contributed by atoms with E-state index < -0.39 is 66.4 Å². The third-order valence-corrected chi connectivity index (χ3v) is 5.86. The number of aromatic amines is 1. The van der Waals surface area contributed by atoms with Crippen LogP contribution in [0.25, 0.3) is 11.2 Å². The summed E-state index contributed by atoms with van der Waals surface area (Å²) < 4.78 is 0. The van der Waals surface area contributed by atoms with Gasteiger partial charge in [0.25, 0.3) is 11.5 Å². The number of carbonyl (C=O) groups is 4. The summed E-state index contributed by atoms with van der Waals surface area (Å²) in [6.45, 7) is -0.612. The van der Waals surface area contributed by atoms with Gasteiger partial charge in [-0.25, -0.2) is 19.6 Å². The van der Waals surface area contributed by atoms with Crippen LogP contribution in [0.3, 0.4) is 0 Å². The van der Waals surface area contributed by atoms with E-state index >= 15 is 0 Å². The zero-order chi connectivity index (χ0) is 33.8. The minimum absolute atomic E-state index is 0. The van der Waals surface area contributed by atoms with Crippen LogP contribution in [0.15, 0.2) is 35.3 Å². The van der Waals surface area contributed by atoms with Gasteiger partial charge in [0.15, 0.2) is 17.3 Å². The first-order chi connectivity index (χ1) is 21.1. The van der Waals surface area contributed by atoms with Crippen molar-refractivity contribution in [3.63, 3.8) is 0 Å². The SMILES string of the molecule is Nc1nc2ncc(CNc3ccc(C(=O)NC(CCC(=O)O)C(=O)O)cc3)nc2c(=O)[nH]1.O=C(O)C(O)C(O)C(O)C(O)CO.[Zn]. The smallest absolute Gasteiger partial charge is 0.335 e. The topological polar surface area (TPSA) is 352 Å². The Bertz CT molecular complexity index is 1560. The van der Waals surface area contributed by atoms with Crippen LogP contribution in [0, 0.1) is 0 Å². The zero-order valence-corrected chi connectivity index (χ0v) is 26.8. The summed E-state index contributed by atoms with van der Waals surface area (Å²) in [4.78, 5) is 70.6. The van der Waals surface area contributed by atoms with Gasteiger partial charge < -0.3 is 57.2 Å². The number of carbonyl (C=O) groups excluding carboxylic acids is 1. The van der Waals surface area contributed by atoms with Crippen LogP contribution in [-0.4, -0.2) is 122 Å². The van der Waals surface area contributed by atoms with Crippen LogP contribution >= 0.6 is 0 Å². The van der Waals surface area contributed by atoms with Crippen molar-refractivity contribution in [3.8, 4) is 0 Å². The predicted octanol–water partition coefficient (Wildman–Crippen LogP) is -3.54. The molecule has 21 heteroatoms. The Balaban J connectivity index is 0.000000642. The zero-order valence-electron chi connectivity index (χ0n) is 23.8. The number of nitrogens with two attached hydrogens (primary N) is 1. The van der Waals surface area contributed by atoms with Gasteiger partial charge in [-0.2, -0.15) is 4.98 Å². The molecule has 0 radical (unpaired) electrons. The van der Waals surface area contributed by atoms with Gasteiger partial charge in [-0.15, -0.1) is 0 Å². The molecule has 1 aromatic carbocycles. The van der Waals surface area contributed by atoms with E-state index in [0.717, 1.165) is 0 Å². The number of hydrogen-bond acceptors (Lipinski definition) is 15. The number of nitrogen functional groups attached to an aromatic ring is 1. The van der Waals surface area contributed by atoms with Gasteiger partial charge in [0.1, 0.15) is 24.4 Å². The maximum Gasteiger partial charge on any atom is 0.335 e. The van der Waals surface area contributed by atoms with E-state index in [1.165, 1.54) is 18.3 Å². The number of benzene rings is 1. The van der Waals surface area contributed by atoms with E-state index in [-0.39, 0.29) is 61.5 Å². The Labute approximate surface area is 270 Å². The summed E-state index contributed by atoms with van der Waals surface area (Å²) in [7, 11) is 0. The van der Waals surface area contributed by atoms with Crippen molar-refractivity contribution in [1.82, 2.24) is 25.3 Å². The Morgan fingerprint density at radius 3 is 2.11 bits per heavy atom. The molecule has 0 aliphatic heterocycles. The molecule has 0 bridgehead atoms. The van der Waals surface area contributed by atoms with Crippen LogP contribution in [0.2, 0.25) is 0 Å². The van der Waals surface area contributed by atoms with E-state index in [2.05, 4.69) is 30.6 Å². The summed E-state index contributed by atoms with van der Waals surface area (Å²) in [6, 6.07) is 4.86. The first-order valence-corrected chi connectivity index (χ1v) is 12.8. The third kappa shape index (κ3) is 11.7. The molecular weight excluding hydrogens is 672 g/mol. The summed E-state index contributed by atoms with van der Waals surface area (Å²) >= 11 is 0. The molecule has 0 fully saturated rings. The third-order valence-electron chi connectivity index (χ3n) is 5.86. The maximum absolute atomic E-state index is 12.3. The van der Waals surface area contributed by atoms with Gasteiger partial charge in [0, 0.05) is 37.1 Å². The first-order valence-electron chi connectivity index (χ1n) is 12.8. The number of nitrogens with one attached hydrogen (secondary N) is 3. The Kier molecular flexibility index (Phi) is 15.7. The molecule has 3 rings (SSSR count). The molecule has 0 spiro atoms. The molecule has 13 N–H and O–H groups in total. The standard InChI is InChI=1S/C19H19N7O6.C6H12O7.Zn/c20-19-25-15-14(17(30)26-19)23-11(8-22-15)7-21-10-3-1-9(2-4-10)16(29)24-12(18(31)32)5-6-13(27)28;7-1-2(8)3(9)4(10)5(11)6(12)13;/h1-4,8,12,21H,5-7H2,(H,24,29)(H,27,28)(H,31,32)(H3,20,22,25,26,30);2-5,7-11H,1H2,(H,12,13);.